The summed E-state index contributed by atoms with van der Waals surface area (Å²) in [5.41, 5.74) is 3.57. The lowest BCUT2D eigenvalue weighted by Gasteiger charge is -2.16. The Balaban J connectivity index is 1.29. The molecule has 4 rings (SSSR count). The second-order valence-corrected chi connectivity index (χ2v) is 8.75. The topological polar surface area (TPSA) is 115 Å². The molecule has 9 nitrogen and oxygen atoms in total. The van der Waals surface area contributed by atoms with Gasteiger partial charge < -0.3 is 20.8 Å². The van der Waals surface area contributed by atoms with E-state index < -0.39 is 0 Å². The molecule has 2 amide bonds. The molecular weight excluding hydrogens is 440 g/mol. The first-order chi connectivity index (χ1) is 15.9. The number of nitrogens with zero attached hydrogens (tertiary/aromatic N) is 4. The lowest BCUT2D eigenvalue weighted by Crippen LogP contribution is -2.23. The summed E-state index contributed by atoms with van der Waals surface area (Å²) < 4.78 is 7.23. The Bertz CT molecular complexity index is 1140. The molecule has 2 heterocycles. The maximum Gasteiger partial charge on any atom is 0.234 e. The number of amides is 2. The van der Waals surface area contributed by atoms with Crippen molar-refractivity contribution in [2.45, 2.75) is 38.5 Å². The van der Waals surface area contributed by atoms with E-state index in [4.69, 9.17) is 10.6 Å². The van der Waals surface area contributed by atoms with Gasteiger partial charge >= 0.3 is 0 Å². The Morgan fingerprint density at radius 3 is 2.55 bits per heavy atom. The van der Waals surface area contributed by atoms with E-state index in [1.807, 2.05) is 44.2 Å². The van der Waals surface area contributed by atoms with E-state index in [2.05, 4.69) is 15.5 Å². The van der Waals surface area contributed by atoms with Crippen molar-refractivity contribution in [3.05, 3.63) is 59.4 Å². The van der Waals surface area contributed by atoms with Crippen molar-refractivity contribution >= 4 is 35.0 Å². The number of benzene rings is 2. The van der Waals surface area contributed by atoms with Crippen molar-refractivity contribution in [3.8, 4) is 5.75 Å². The molecule has 0 saturated carbocycles. The van der Waals surface area contributed by atoms with Crippen LogP contribution in [0.4, 0.5) is 11.4 Å². The Hall–Kier alpha value is -3.53. The summed E-state index contributed by atoms with van der Waals surface area (Å²) in [6, 6.07) is 13.2. The molecule has 0 bridgehead atoms. The molecule has 3 aromatic rings. The van der Waals surface area contributed by atoms with Gasteiger partial charge in [-0.3, -0.25) is 9.59 Å². The zero-order chi connectivity index (χ0) is 23.4. The first-order valence-electron chi connectivity index (χ1n) is 10.6. The third kappa shape index (κ3) is 5.28. The van der Waals surface area contributed by atoms with Crippen LogP contribution in [0, 0.1) is 13.8 Å². The molecule has 0 atom stereocenters. The van der Waals surface area contributed by atoms with Crippen LogP contribution in [0.2, 0.25) is 0 Å². The number of aromatic nitrogens is 3. The highest BCUT2D eigenvalue weighted by molar-refractivity contribution is 7.99. The molecule has 1 aromatic heterocycles. The number of rotatable bonds is 8. The number of carbonyl (C=O) groups excluding carboxylic acids is 2. The van der Waals surface area contributed by atoms with Gasteiger partial charge in [-0.2, -0.15) is 0 Å². The second kappa shape index (κ2) is 9.95. The maximum atomic E-state index is 12.4. The van der Waals surface area contributed by atoms with Crippen LogP contribution in [0.15, 0.2) is 47.6 Å². The number of aryl methyl sites for hydroxylation is 2. The Morgan fingerprint density at radius 2 is 1.88 bits per heavy atom. The highest BCUT2D eigenvalue weighted by atomic mass is 32.2. The molecule has 1 fully saturated rings. The van der Waals surface area contributed by atoms with Gasteiger partial charge in [-0.25, -0.2) is 4.68 Å². The Morgan fingerprint density at radius 1 is 1.15 bits per heavy atom. The molecule has 0 unspecified atom stereocenters. The maximum absolute atomic E-state index is 12.4. The average molecular weight is 467 g/mol. The molecule has 2 aromatic carbocycles. The fraction of sp³-hybridized carbons (Fsp3) is 0.304. The Labute approximate surface area is 196 Å². The molecule has 0 radical (unpaired) electrons. The van der Waals surface area contributed by atoms with Crippen molar-refractivity contribution in [1.82, 2.24) is 14.9 Å². The molecule has 0 spiro atoms. The normalized spacial score (nSPS) is 13.4. The van der Waals surface area contributed by atoms with Gasteiger partial charge in [0.15, 0.2) is 5.82 Å². The van der Waals surface area contributed by atoms with E-state index in [1.165, 1.54) is 16.4 Å². The summed E-state index contributed by atoms with van der Waals surface area (Å²) in [5, 5.41) is 11.4. The highest BCUT2D eigenvalue weighted by Crippen LogP contribution is 2.25. The molecular formula is C23H26N6O3S. The number of hydrogen-bond acceptors (Lipinski definition) is 7. The van der Waals surface area contributed by atoms with E-state index in [-0.39, 0.29) is 24.2 Å². The van der Waals surface area contributed by atoms with E-state index in [0.29, 0.717) is 23.1 Å². The zero-order valence-corrected chi connectivity index (χ0v) is 19.4. The fourth-order valence-corrected chi connectivity index (χ4v) is 4.32. The second-order valence-electron chi connectivity index (χ2n) is 7.81. The smallest absolute Gasteiger partial charge is 0.234 e. The van der Waals surface area contributed by atoms with Crippen LogP contribution in [0.1, 0.15) is 29.8 Å². The SMILES string of the molecule is Cc1cccc(C)c1OCc1nnc(SCC(=O)Nc2ccc(N3CCCC3=O)cc2)n1N. The van der Waals surface area contributed by atoms with Crippen LogP contribution in [0.25, 0.3) is 0 Å². The van der Waals surface area contributed by atoms with E-state index >= 15 is 0 Å². The van der Waals surface area contributed by atoms with Crippen molar-refractivity contribution < 1.29 is 14.3 Å². The lowest BCUT2D eigenvalue weighted by atomic mass is 10.1. The number of nitrogens with one attached hydrogen (secondary N) is 1. The first-order valence-corrected chi connectivity index (χ1v) is 11.6. The van der Waals surface area contributed by atoms with Crippen molar-refractivity contribution in [2.24, 2.45) is 0 Å². The van der Waals surface area contributed by atoms with Crippen LogP contribution in [0.5, 0.6) is 5.75 Å². The number of carbonyl (C=O) groups is 2. The lowest BCUT2D eigenvalue weighted by molar-refractivity contribution is -0.117. The fourth-order valence-electron chi connectivity index (χ4n) is 3.64. The molecule has 3 N–H and O–H groups in total. The predicted octanol–water partition coefficient (Wildman–Crippen LogP) is 3.05. The minimum atomic E-state index is -0.193. The molecule has 172 valence electrons. The molecule has 1 aliphatic rings. The van der Waals surface area contributed by atoms with Crippen LogP contribution in [-0.2, 0) is 16.2 Å². The van der Waals surface area contributed by atoms with E-state index in [9.17, 15) is 9.59 Å². The van der Waals surface area contributed by atoms with Gasteiger partial charge in [-0.05, 0) is 55.7 Å². The number of hydrogen-bond donors (Lipinski definition) is 2. The number of nitrogen functional groups attached to an aromatic ring is 1. The van der Waals surface area contributed by atoms with Gasteiger partial charge in [-0.1, -0.05) is 30.0 Å². The van der Waals surface area contributed by atoms with Gasteiger partial charge in [0.05, 0.1) is 5.75 Å². The van der Waals surface area contributed by atoms with Crippen molar-refractivity contribution in [3.63, 3.8) is 0 Å². The molecule has 33 heavy (non-hydrogen) atoms. The summed E-state index contributed by atoms with van der Waals surface area (Å²) in [6.45, 7) is 4.87. The summed E-state index contributed by atoms with van der Waals surface area (Å²) in [5.74, 6) is 7.43. The number of nitrogens with two attached hydrogens (primary N) is 1. The monoisotopic (exact) mass is 466 g/mol. The molecule has 0 aliphatic carbocycles. The predicted molar refractivity (Wildman–Crippen MR) is 128 cm³/mol. The number of thioether (sulfide) groups is 1. The van der Waals surface area contributed by atoms with Crippen molar-refractivity contribution in [1.29, 1.82) is 0 Å². The van der Waals surface area contributed by atoms with Crippen LogP contribution in [0.3, 0.4) is 0 Å². The highest BCUT2D eigenvalue weighted by Gasteiger charge is 2.21. The number of ether oxygens (including phenoxy) is 1. The largest absolute Gasteiger partial charge is 0.485 e. The van der Waals surface area contributed by atoms with Gasteiger partial charge in [0, 0.05) is 24.3 Å². The third-order valence-electron chi connectivity index (χ3n) is 5.36. The summed E-state index contributed by atoms with van der Waals surface area (Å²) in [4.78, 5) is 26.0. The summed E-state index contributed by atoms with van der Waals surface area (Å²) in [6.07, 6.45) is 1.46. The van der Waals surface area contributed by atoms with Crippen LogP contribution < -0.4 is 20.8 Å². The zero-order valence-electron chi connectivity index (χ0n) is 18.6. The van der Waals surface area contributed by atoms with E-state index in [0.717, 1.165) is 35.5 Å². The average Bonchev–Trinajstić information content (AvgIpc) is 3.38. The molecule has 10 heteroatoms. The van der Waals surface area contributed by atoms with Gasteiger partial charge in [0.1, 0.15) is 12.4 Å². The molecule has 1 aliphatic heterocycles. The summed E-state index contributed by atoms with van der Waals surface area (Å²) in [7, 11) is 0. The van der Waals surface area contributed by atoms with Crippen LogP contribution >= 0.6 is 11.8 Å². The van der Waals surface area contributed by atoms with Gasteiger partial charge in [0.25, 0.3) is 0 Å². The molecule has 1 saturated heterocycles. The van der Waals surface area contributed by atoms with Crippen molar-refractivity contribution in [2.75, 3.05) is 28.4 Å². The van der Waals surface area contributed by atoms with Gasteiger partial charge in [-0.15, -0.1) is 10.2 Å². The Kier molecular flexibility index (Phi) is 6.83. The standard InChI is InChI=1S/C23H26N6O3S/c1-15-5-3-6-16(2)22(15)32-13-19-26-27-23(29(19)24)33-14-20(30)25-17-8-10-18(11-9-17)28-12-4-7-21(28)31/h3,5-6,8-11H,4,7,12-14,24H2,1-2H3,(H,25,30). The minimum absolute atomic E-state index is 0.124. The van der Waals surface area contributed by atoms with E-state index in [1.54, 1.807) is 17.0 Å². The quantitative estimate of drug-likeness (QED) is 0.387. The number of para-hydroxylation sites is 1. The first kappa shape index (κ1) is 22.7. The minimum Gasteiger partial charge on any atom is -0.485 e. The number of anilines is 2. The summed E-state index contributed by atoms with van der Waals surface area (Å²) >= 11 is 1.19. The third-order valence-corrected chi connectivity index (χ3v) is 6.30. The van der Waals surface area contributed by atoms with Crippen LogP contribution in [-0.4, -0.2) is 39.0 Å². The van der Waals surface area contributed by atoms with Gasteiger partial charge in [0.2, 0.25) is 17.0 Å².